The second-order valence-corrected chi connectivity index (χ2v) is 8.07. The van der Waals surface area contributed by atoms with Gasteiger partial charge in [0.05, 0.1) is 23.7 Å². The fraction of sp³-hybridized carbons (Fsp3) is 0.706. The molecule has 0 radical (unpaired) electrons. The van der Waals surface area contributed by atoms with Crippen LogP contribution in [0.2, 0.25) is 0 Å². The highest BCUT2D eigenvalue weighted by Crippen LogP contribution is 2.31. The first-order valence-corrected chi connectivity index (χ1v) is 9.96. The normalized spacial score (nSPS) is 27.7. The minimum atomic E-state index is -0.0613. The molecule has 136 valence electrons. The van der Waals surface area contributed by atoms with Crippen LogP contribution in [-0.2, 0) is 11.3 Å². The predicted molar refractivity (Wildman–Crippen MR) is 95.2 cm³/mol. The van der Waals surface area contributed by atoms with E-state index in [-0.39, 0.29) is 23.9 Å². The Kier molecular flexibility index (Phi) is 4.64. The molecular formula is C17H25N5O2S. The van der Waals surface area contributed by atoms with Gasteiger partial charge in [0.2, 0.25) is 5.91 Å². The summed E-state index contributed by atoms with van der Waals surface area (Å²) in [6.07, 6.45) is 1.87. The van der Waals surface area contributed by atoms with Crippen LogP contribution in [-0.4, -0.2) is 88.9 Å². The highest BCUT2D eigenvalue weighted by atomic mass is 32.1. The van der Waals surface area contributed by atoms with Gasteiger partial charge in [-0.05, 0) is 19.9 Å². The number of carbonyl (C=O) groups excluding carboxylic acids is 2. The van der Waals surface area contributed by atoms with E-state index < -0.39 is 0 Å². The lowest BCUT2D eigenvalue weighted by molar-refractivity contribution is -0.140. The number of piperazine rings is 1. The number of amides is 3. The first-order valence-electron chi connectivity index (χ1n) is 9.02. The van der Waals surface area contributed by atoms with E-state index in [1.165, 1.54) is 0 Å². The van der Waals surface area contributed by atoms with E-state index in [0.29, 0.717) is 19.6 Å². The van der Waals surface area contributed by atoms with Gasteiger partial charge in [0, 0.05) is 50.7 Å². The van der Waals surface area contributed by atoms with Crippen LogP contribution in [0, 0.1) is 5.92 Å². The second-order valence-electron chi connectivity index (χ2n) is 7.35. The van der Waals surface area contributed by atoms with Crippen molar-refractivity contribution in [2.24, 2.45) is 5.92 Å². The zero-order valence-electron chi connectivity index (χ0n) is 14.6. The number of aromatic nitrogens is 1. The summed E-state index contributed by atoms with van der Waals surface area (Å²) in [5, 5.41) is 2.00. The van der Waals surface area contributed by atoms with Crippen LogP contribution in [0.5, 0.6) is 0 Å². The Morgan fingerprint density at radius 1 is 1.20 bits per heavy atom. The summed E-state index contributed by atoms with van der Waals surface area (Å²) >= 11 is 1.55. The van der Waals surface area contributed by atoms with Gasteiger partial charge in [-0.15, -0.1) is 11.3 Å². The number of hydrogen-bond acceptors (Lipinski definition) is 5. The van der Waals surface area contributed by atoms with Gasteiger partial charge in [-0.2, -0.15) is 0 Å². The molecule has 4 aliphatic rings. The van der Waals surface area contributed by atoms with Gasteiger partial charge in [-0.3, -0.25) is 4.79 Å². The van der Waals surface area contributed by atoms with E-state index in [1.54, 1.807) is 16.8 Å². The molecule has 1 aromatic heterocycles. The monoisotopic (exact) mass is 363 g/mol. The highest BCUT2D eigenvalue weighted by Gasteiger charge is 2.42. The Hall–Kier alpha value is -1.67. The van der Waals surface area contributed by atoms with E-state index in [0.717, 1.165) is 44.7 Å². The maximum Gasteiger partial charge on any atom is 0.320 e. The minimum Gasteiger partial charge on any atom is -0.332 e. The van der Waals surface area contributed by atoms with Gasteiger partial charge in [0.15, 0.2) is 0 Å². The number of likely N-dealkylation sites (N-methyl/N-ethyl adjacent to an activating group) is 1. The summed E-state index contributed by atoms with van der Waals surface area (Å²) in [5.41, 5.74) is 2.75. The Morgan fingerprint density at radius 2 is 2.00 bits per heavy atom. The molecule has 0 spiro atoms. The average molecular weight is 363 g/mol. The number of urea groups is 1. The summed E-state index contributed by atoms with van der Waals surface area (Å²) in [7, 11) is 2.09. The van der Waals surface area contributed by atoms with Crippen molar-refractivity contribution in [3.05, 3.63) is 16.6 Å². The van der Waals surface area contributed by atoms with Gasteiger partial charge >= 0.3 is 6.03 Å². The molecule has 0 saturated carbocycles. The largest absolute Gasteiger partial charge is 0.332 e. The lowest BCUT2D eigenvalue weighted by Crippen LogP contribution is -2.53. The molecule has 5 heterocycles. The number of nitrogens with zero attached hydrogens (tertiary/aromatic N) is 5. The van der Waals surface area contributed by atoms with Crippen LogP contribution < -0.4 is 0 Å². The van der Waals surface area contributed by atoms with Crippen LogP contribution in [0.4, 0.5) is 4.79 Å². The van der Waals surface area contributed by atoms with Gasteiger partial charge in [-0.1, -0.05) is 0 Å². The summed E-state index contributed by atoms with van der Waals surface area (Å²) in [6, 6.07) is 0.220. The number of piperidine rings is 1. The Balaban J connectivity index is 1.47. The van der Waals surface area contributed by atoms with E-state index in [2.05, 4.69) is 16.9 Å². The molecule has 7 nitrogen and oxygen atoms in total. The lowest BCUT2D eigenvalue weighted by atomic mass is 9.94. The second kappa shape index (κ2) is 6.92. The zero-order valence-corrected chi connectivity index (χ0v) is 15.5. The molecule has 0 aromatic carbocycles. The summed E-state index contributed by atoms with van der Waals surface area (Å²) in [6.45, 7) is 5.17. The van der Waals surface area contributed by atoms with E-state index in [4.69, 9.17) is 0 Å². The fourth-order valence-corrected chi connectivity index (χ4v) is 4.64. The zero-order chi connectivity index (χ0) is 17.4. The van der Waals surface area contributed by atoms with Crippen LogP contribution in [0.25, 0.3) is 0 Å². The van der Waals surface area contributed by atoms with Crippen molar-refractivity contribution in [1.29, 1.82) is 0 Å². The molecule has 3 amide bonds. The third-order valence-electron chi connectivity index (χ3n) is 5.65. The molecule has 0 N–H and O–H groups in total. The van der Waals surface area contributed by atoms with Crippen LogP contribution in [0.1, 0.15) is 18.5 Å². The topological polar surface area (TPSA) is 60.0 Å². The van der Waals surface area contributed by atoms with E-state index in [1.807, 2.05) is 20.1 Å². The van der Waals surface area contributed by atoms with Crippen LogP contribution in [0.15, 0.2) is 10.9 Å². The maximum absolute atomic E-state index is 13.0. The predicted octanol–water partition coefficient (Wildman–Crippen LogP) is 0.933. The number of carbonyl (C=O) groups is 2. The summed E-state index contributed by atoms with van der Waals surface area (Å²) in [4.78, 5) is 38.2. The van der Waals surface area contributed by atoms with Crippen LogP contribution >= 0.6 is 11.3 Å². The SMILES string of the molecule is CN1CCN(C(=O)N2CC3CCC(C2)N(Cc2cscn2)C3=O)CC1. The molecule has 25 heavy (non-hydrogen) atoms. The molecule has 2 unspecified atom stereocenters. The van der Waals surface area contributed by atoms with Crippen LogP contribution in [0.3, 0.4) is 0 Å². The molecule has 4 saturated heterocycles. The maximum atomic E-state index is 13.0. The van der Waals surface area contributed by atoms with Gasteiger partial charge in [-0.25, -0.2) is 9.78 Å². The number of rotatable bonds is 2. The standard InChI is InChI=1S/C17H25N5O2S/c1-19-4-6-20(7-5-19)17(24)21-8-13-2-3-15(10-21)22(16(13)23)9-14-11-25-12-18-14/h11-13,15H,2-10H2,1H3. The molecule has 2 atom stereocenters. The molecule has 4 aliphatic heterocycles. The summed E-state index contributed by atoms with van der Waals surface area (Å²) in [5.74, 6) is 0.131. The highest BCUT2D eigenvalue weighted by molar-refractivity contribution is 7.07. The molecule has 4 fully saturated rings. The Labute approximate surface area is 152 Å². The number of fused-ring (bicyclic) bond motifs is 4. The van der Waals surface area contributed by atoms with Crippen molar-refractivity contribution in [3.63, 3.8) is 0 Å². The minimum absolute atomic E-state index is 0.0613. The van der Waals surface area contributed by atoms with Gasteiger partial charge in [0.25, 0.3) is 0 Å². The van der Waals surface area contributed by atoms with Crippen molar-refractivity contribution in [2.75, 3.05) is 46.3 Å². The quantitative estimate of drug-likeness (QED) is 0.784. The van der Waals surface area contributed by atoms with Crippen molar-refractivity contribution in [1.82, 2.24) is 24.6 Å². The number of hydrogen-bond donors (Lipinski definition) is 0. The van der Waals surface area contributed by atoms with Gasteiger partial charge < -0.3 is 19.6 Å². The molecule has 1 aromatic rings. The smallest absolute Gasteiger partial charge is 0.320 e. The van der Waals surface area contributed by atoms with Gasteiger partial charge in [0.1, 0.15) is 0 Å². The van der Waals surface area contributed by atoms with Crippen molar-refractivity contribution < 1.29 is 9.59 Å². The van der Waals surface area contributed by atoms with E-state index in [9.17, 15) is 9.59 Å². The number of thiazole rings is 1. The van der Waals surface area contributed by atoms with E-state index >= 15 is 0 Å². The molecule has 0 aliphatic carbocycles. The molecule has 2 bridgehead atoms. The average Bonchev–Trinajstić information content (AvgIpc) is 2.98. The molecule has 5 rings (SSSR count). The van der Waals surface area contributed by atoms with Crippen molar-refractivity contribution in [2.45, 2.75) is 25.4 Å². The van der Waals surface area contributed by atoms with Crippen molar-refractivity contribution in [3.8, 4) is 0 Å². The lowest BCUT2D eigenvalue weighted by Gasteiger charge is -2.37. The Morgan fingerprint density at radius 3 is 2.72 bits per heavy atom. The molecule has 8 heteroatoms. The first kappa shape index (κ1) is 16.8. The third kappa shape index (κ3) is 3.37. The fourth-order valence-electron chi connectivity index (χ4n) is 4.09. The molecular weight excluding hydrogens is 338 g/mol. The first-order chi connectivity index (χ1) is 12.1. The van der Waals surface area contributed by atoms with Crippen molar-refractivity contribution >= 4 is 23.3 Å². The Bertz CT molecular complexity index is 629. The summed E-state index contributed by atoms with van der Waals surface area (Å²) < 4.78 is 0. The third-order valence-corrected chi connectivity index (χ3v) is 6.29.